The molecule has 2 unspecified atom stereocenters. The van der Waals surface area contributed by atoms with Crippen LogP contribution < -0.4 is 5.32 Å². The first-order valence-corrected chi connectivity index (χ1v) is 7.60. The van der Waals surface area contributed by atoms with Crippen LogP contribution in [0, 0.1) is 5.92 Å². The number of thiophene rings is 1. The van der Waals surface area contributed by atoms with Crippen molar-refractivity contribution in [3.63, 3.8) is 0 Å². The smallest absolute Gasteiger partial charge is 0.0973 e. The van der Waals surface area contributed by atoms with Gasteiger partial charge in [-0.15, -0.1) is 11.3 Å². The molecule has 2 rings (SSSR count). The molecule has 1 aliphatic carbocycles. The summed E-state index contributed by atoms with van der Waals surface area (Å²) in [6.07, 6.45) is 5.14. The molecule has 3 nitrogen and oxygen atoms in total. The molecule has 1 aromatic rings. The Bertz CT molecular complexity index is 345. The number of nitrogens with one attached hydrogen (secondary N) is 1. The van der Waals surface area contributed by atoms with Crippen LogP contribution in [-0.4, -0.2) is 29.0 Å². The zero-order valence-corrected chi connectivity index (χ0v) is 11.7. The molecule has 1 aromatic heterocycles. The van der Waals surface area contributed by atoms with Gasteiger partial charge in [0.2, 0.25) is 0 Å². The van der Waals surface area contributed by atoms with E-state index in [2.05, 4.69) is 22.8 Å². The zero-order valence-electron chi connectivity index (χ0n) is 10.9. The maximum absolute atomic E-state index is 9.90. The molecule has 0 aliphatic heterocycles. The Morgan fingerprint density at radius 1 is 1.50 bits per heavy atom. The molecular formula is C14H23NO2S. The number of rotatable bonds is 6. The molecule has 3 N–H and O–H groups in total. The van der Waals surface area contributed by atoms with Crippen LogP contribution in [-0.2, 0) is 0 Å². The fourth-order valence-corrected chi connectivity index (χ4v) is 3.54. The van der Waals surface area contributed by atoms with Gasteiger partial charge in [0, 0.05) is 17.5 Å². The summed E-state index contributed by atoms with van der Waals surface area (Å²) in [5.74, 6) is 0.665. The maximum Gasteiger partial charge on any atom is 0.0973 e. The highest BCUT2D eigenvalue weighted by atomic mass is 32.1. The van der Waals surface area contributed by atoms with Crippen LogP contribution in [0.25, 0.3) is 0 Å². The van der Waals surface area contributed by atoms with Crippen molar-refractivity contribution in [2.45, 2.75) is 44.2 Å². The van der Waals surface area contributed by atoms with Crippen LogP contribution in [0.2, 0.25) is 0 Å². The second kappa shape index (κ2) is 6.15. The lowest BCUT2D eigenvalue weighted by Gasteiger charge is -2.28. The summed E-state index contributed by atoms with van der Waals surface area (Å²) < 4.78 is 0. The third-order valence-electron chi connectivity index (χ3n) is 3.76. The molecule has 0 radical (unpaired) electrons. The average molecular weight is 269 g/mol. The lowest BCUT2D eigenvalue weighted by molar-refractivity contribution is -0.000656. The summed E-state index contributed by atoms with van der Waals surface area (Å²) in [4.78, 5) is 1.34. The molecular weight excluding hydrogens is 246 g/mol. The van der Waals surface area contributed by atoms with Gasteiger partial charge in [-0.3, -0.25) is 0 Å². The second-order valence-corrected chi connectivity index (χ2v) is 6.55. The molecule has 2 atom stereocenters. The Labute approximate surface area is 113 Å². The summed E-state index contributed by atoms with van der Waals surface area (Å²) in [5, 5.41) is 24.6. The maximum atomic E-state index is 9.90. The van der Waals surface area contributed by atoms with E-state index in [4.69, 9.17) is 5.11 Å². The Balaban J connectivity index is 2.01. The van der Waals surface area contributed by atoms with E-state index in [1.54, 1.807) is 18.3 Å². The summed E-state index contributed by atoms with van der Waals surface area (Å²) in [5.41, 5.74) is -1.03. The van der Waals surface area contributed by atoms with Gasteiger partial charge in [-0.25, -0.2) is 0 Å². The van der Waals surface area contributed by atoms with Crippen molar-refractivity contribution in [1.82, 2.24) is 5.32 Å². The molecule has 102 valence electrons. The van der Waals surface area contributed by atoms with Gasteiger partial charge in [-0.1, -0.05) is 18.9 Å². The van der Waals surface area contributed by atoms with Gasteiger partial charge >= 0.3 is 0 Å². The van der Waals surface area contributed by atoms with E-state index in [1.807, 2.05) is 0 Å². The molecule has 4 heteroatoms. The van der Waals surface area contributed by atoms with Crippen molar-refractivity contribution >= 4 is 11.3 Å². The average Bonchev–Trinajstić information content (AvgIpc) is 3.01. The summed E-state index contributed by atoms with van der Waals surface area (Å²) >= 11 is 1.77. The summed E-state index contributed by atoms with van der Waals surface area (Å²) in [6, 6.07) is 4.56. The summed E-state index contributed by atoms with van der Waals surface area (Å²) in [6.45, 7) is 1.89. The molecule has 1 fully saturated rings. The molecule has 0 bridgehead atoms. The number of aliphatic hydroxyl groups excluding tert-OH is 1. The molecule has 0 spiro atoms. The van der Waals surface area contributed by atoms with Gasteiger partial charge < -0.3 is 15.5 Å². The predicted octanol–water partition coefficient (Wildman–Crippen LogP) is 2.31. The Morgan fingerprint density at radius 3 is 2.78 bits per heavy atom. The first-order valence-electron chi connectivity index (χ1n) is 6.72. The lowest BCUT2D eigenvalue weighted by atomic mass is 9.95. The van der Waals surface area contributed by atoms with Crippen molar-refractivity contribution < 1.29 is 10.2 Å². The standard InChI is InChI=1S/C14H23NO2S/c1-14(17,10-16)9-15-13(11-5-2-3-6-11)12-7-4-8-18-12/h4,7-8,11,13,15-17H,2-3,5-6,9-10H2,1H3. The van der Waals surface area contributed by atoms with Crippen molar-refractivity contribution in [2.24, 2.45) is 5.92 Å². The minimum atomic E-state index is -1.03. The predicted molar refractivity (Wildman–Crippen MR) is 74.7 cm³/mol. The van der Waals surface area contributed by atoms with Crippen molar-refractivity contribution in [1.29, 1.82) is 0 Å². The van der Waals surface area contributed by atoms with Crippen LogP contribution >= 0.6 is 11.3 Å². The minimum absolute atomic E-state index is 0.207. The minimum Gasteiger partial charge on any atom is -0.393 e. The monoisotopic (exact) mass is 269 g/mol. The van der Waals surface area contributed by atoms with E-state index in [9.17, 15) is 5.11 Å². The van der Waals surface area contributed by atoms with Gasteiger partial charge in [0.15, 0.2) is 0 Å². The fraction of sp³-hybridized carbons (Fsp3) is 0.714. The number of aliphatic hydroxyl groups is 2. The molecule has 0 amide bonds. The van der Waals surface area contributed by atoms with E-state index in [1.165, 1.54) is 30.6 Å². The van der Waals surface area contributed by atoms with Gasteiger partial charge in [-0.2, -0.15) is 0 Å². The van der Waals surface area contributed by atoms with Gasteiger partial charge in [0.1, 0.15) is 0 Å². The van der Waals surface area contributed by atoms with Crippen LogP contribution in [0.3, 0.4) is 0 Å². The first-order chi connectivity index (χ1) is 8.62. The molecule has 1 saturated carbocycles. The van der Waals surface area contributed by atoms with Crippen LogP contribution in [0.5, 0.6) is 0 Å². The van der Waals surface area contributed by atoms with E-state index < -0.39 is 5.60 Å². The Morgan fingerprint density at radius 2 is 2.22 bits per heavy atom. The number of hydrogen-bond acceptors (Lipinski definition) is 4. The van der Waals surface area contributed by atoms with E-state index in [0.717, 1.165) is 0 Å². The van der Waals surface area contributed by atoms with Crippen molar-refractivity contribution in [3.05, 3.63) is 22.4 Å². The third-order valence-corrected chi connectivity index (χ3v) is 4.72. The normalized spacial score (nSPS) is 21.9. The van der Waals surface area contributed by atoms with E-state index >= 15 is 0 Å². The molecule has 0 aromatic carbocycles. The molecule has 0 saturated heterocycles. The topological polar surface area (TPSA) is 52.5 Å². The third kappa shape index (κ3) is 3.54. The summed E-state index contributed by atoms with van der Waals surface area (Å²) in [7, 11) is 0. The van der Waals surface area contributed by atoms with Crippen LogP contribution in [0.15, 0.2) is 17.5 Å². The van der Waals surface area contributed by atoms with E-state index in [0.29, 0.717) is 18.5 Å². The lowest BCUT2D eigenvalue weighted by Crippen LogP contribution is -2.43. The van der Waals surface area contributed by atoms with Gasteiger partial charge in [-0.05, 0) is 37.1 Å². The second-order valence-electron chi connectivity index (χ2n) is 5.57. The van der Waals surface area contributed by atoms with Crippen molar-refractivity contribution in [2.75, 3.05) is 13.2 Å². The molecule has 1 aliphatic rings. The number of hydrogen-bond donors (Lipinski definition) is 3. The Kier molecular flexibility index (Phi) is 4.78. The highest BCUT2D eigenvalue weighted by molar-refractivity contribution is 7.10. The van der Waals surface area contributed by atoms with Crippen LogP contribution in [0.4, 0.5) is 0 Å². The fourth-order valence-electron chi connectivity index (χ4n) is 2.64. The van der Waals surface area contributed by atoms with Crippen molar-refractivity contribution in [3.8, 4) is 0 Å². The molecule has 1 heterocycles. The first kappa shape index (κ1) is 14.0. The SMILES string of the molecule is CC(O)(CO)CNC(c1cccs1)C1CCCC1. The highest BCUT2D eigenvalue weighted by Gasteiger charge is 2.29. The molecule has 18 heavy (non-hydrogen) atoms. The highest BCUT2D eigenvalue weighted by Crippen LogP contribution is 2.37. The largest absolute Gasteiger partial charge is 0.393 e. The van der Waals surface area contributed by atoms with Gasteiger partial charge in [0.05, 0.1) is 12.2 Å². The Hall–Kier alpha value is -0.420. The van der Waals surface area contributed by atoms with Gasteiger partial charge in [0.25, 0.3) is 0 Å². The van der Waals surface area contributed by atoms with E-state index in [-0.39, 0.29) is 6.61 Å². The quantitative estimate of drug-likeness (QED) is 0.743. The zero-order chi connectivity index (χ0) is 13.0. The van der Waals surface area contributed by atoms with Crippen LogP contribution in [0.1, 0.15) is 43.5 Å².